The minimum Gasteiger partial charge on any atom is -0.281 e. The first-order valence-electron chi connectivity index (χ1n) is 3.48. The van der Waals surface area contributed by atoms with E-state index in [1.165, 1.54) is 21.6 Å². The Kier molecular flexibility index (Phi) is 7.82. The monoisotopic (exact) mass is 216 g/mol. The standard InChI is InChI=1S/C8H8OS2.H4N2/c1-10-11-8(9)7-5-3-2-4-6-7;1-2/h2-6H,1H3;1-2H2. The molecule has 0 aliphatic rings. The van der Waals surface area contributed by atoms with Crippen molar-refractivity contribution in [2.75, 3.05) is 6.26 Å². The third-order valence-electron chi connectivity index (χ3n) is 1.17. The Morgan fingerprint density at radius 3 is 2.23 bits per heavy atom. The van der Waals surface area contributed by atoms with Crippen LogP contribution in [-0.4, -0.2) is 11.4 Å². The van der Waals surface area contributed by atoms with Gasteiger partial charge in [0.1, 0.15) is 0 Å². The summed E-state index contributed by atoms with van der Waals surface area (Å²) < 4.78 is 0. The molecule has 0 aliphatic carbocycles. The van der Waals surface area contributed by atoms with E-state index in [-0.39, 0.29) is 5.12 Å². The van der Waals surface area contributed by atoms with Gasteiger partial charge in [0.15, 0.2) is 0 Å². The number of hydrazine groups is 1. The molecule has 0 saturated heterocycles. The molecule has 1 aromatic rings. The van der Waals surface area contributed by atoms with Crippen LogP contribution in [0, 0.1) is 0 Å². The number of nitrogens with two attached hydrogens (primary N) is 2. The highest BCUT2D eigenvalue weighted by molar-refractivity contribution is 8.82. The normalized spacial score (nSPS) is 8.54. The number of hydrogen-bond acceptors (Lipinski definition) is 5. The molecule has 0 bridgehead atoms. The minimum atomic E-state index is 0.123. The molecule has 3 nitrogen and oxygen atoms in total. The third-order valence-corrected chi connectivity index (χ3v) is 2.68. The summed E-state index contributed by atoms with van der Waals surface area (Å²) in [7, 11) is 2.73. The van der Waals surface area contributed by atoms with Gasteiger partial charge in [-0.1, -0.05) is 41.1 Å². The predicted octanol–water partition coefficient (Wildman–Crippen LogP) is 1.66. The Labute approximate surface area is 85.6 Å². The Hall–Kier alpha value is -0.490. The predicted molar refractivity (Wildman–Crippen MR) is 60.3 cm³/mol. The van der Waals surface area contributed by atoms with Crippen LogP contribution in [0.3, 0.4) is 0 Å². The van der Waals surface area contributed by atoms with Crippen LogP contribution in [0.1, 0.15) is 10.4 Å². The van der Waals surface area contributed by atoms with E-state index in [1.807, 2.05) is 36.6 Å². The maximum atomic E-state index is 11.2. The molecule has 0 aromatic heterocycles. The summed E-state index contributed by atoms with van der Waals surface area (Å²) in [5.41, 5.74) is 0.770. The van der Waals surface area contributed by atoms with Crippen LogP contribution in [0.5, 0.6) is 0 Å². The van der Waals surface area contributed by atoms with Crippen LogP contribution >= 0.6 is 21.6 Å². The molecule has 4 N–H and O–H groups in total. The fraction of sp³-hybridized carbons (Fsp3) is 0.125. The topological polar surface area (TPSA) is 69.1 Å². The summed E-state index contributed by atoms with van der Waals surface area (Å²) in [4.78, 5) is 11.2. The lowest BCUT2D eigenvalue weighted by Gasteiger charge is -1.94. The van der Waals surface area contributed by atoms with E-state index < -0.39 is 0 Å². The molecule has 0 saturated carbocycles. The van der Waals surface area contributed by atoms with Crippen molar-refractivity contribution in [3.05, 3.63) is 35.9 Å². The van der Waals surface area contributed by atoms with Crippen molar-refractivity contribution >= 4 is 26.7 Å². The highest BCUT2D eigenvalue weighted by Crippen LogP contribution is 2.22. The summed E-state index contributed by atoms with van der Waals surface area (Å²) in [6, 6.07) is 9.29. The fourth-order valence-electron chi connectivity index (χ4n) is 0.698. The SMILES string of the molecule is CSSC(=O)c1ccccc1.NN. The highest BCUT2D eigenvalue weighted by atomic mass is 33.1. The molecule has 0 heterocycles. The third kappa shape index (κ3) is 4.94. The second kappa shape index (κ2) is 8.12. The number of carbonyl (C=O) groups is 1. The molecule has 0 unspecified atom stereocenters. The smallest absolute Gasteiger partial charge is 0.229 e. The fourth-order valence-corrected chi connectivity index (χ4v) is 1.82. The largest absolute Gasteiger partial charge is 0.281 e. The molecule has 72 valence electrons. The molecule has 5 heteroatoms. The van der Waals surface area contributed by atoms with Gasteiger partial charge in [0.2, 0.25) is 5.12 Å². The average molecular weight is 216 g/mol. The first-order valence-corrected chi connectivity index (χ1v) is 6.04. The van der Waals surface area contributed by atoms with Crippen LogP contribution in [0.2, 0.25) is 0 Å². The maximum Gasteiger partial charge on any atom is 0.229 e. The van der Waals surface area contributed by atoms with Crippen molar-refractivity contribution in [2.24, 2.45) is 11.7 Å². The second-order valence-electron chi connectivity index (χ2n) is 1.90. The Morgan fingerprint density at radius 1 is 1.23 bits per heavy atom. The van der Waals surface area contributed by atoms with Gasteiger partial charge in [-0.25, -0.2) is 0 Å². The molecule has 1 rings (SSSR count). The quantitative estimate of drug-likeness (QED) is 0.447. The lowest BCUT2D eigenvalue weighted by molar-refractivity contribution is 0.109. The van der Waals surface area contributed by atoms with Crippen molar-refractivity contribution in [1.29, 1.82) is 0 Å². The van der Waals surface area contributed by atoms with Gasteiger partial charge in [-0.15, -0.1) is 0 Å². The van der Waals surface area contributed by atoms with Crippen LogP contribution in [0.4, 0.5) is 0 Å². The molecule has 13 heavy (non-hydrogen) atoms. The zero-order valence-electron chi connectivity index (χ0n) is 7.27. The van der Waals surface area contributed by atoms with Gasteiger partial charge < -0.3 is 0 Å². The summed E-state index contributed by atoms with van der Waals surface area (Å²) in [6.45, 7) is 0. The van der Waals surface area contributed by atoms with Gasteiger partial charge in [-0.2, -0.15) is 0 Å². The van der Waals surface area contributed by atoms with E-state index in [0.717, 1.165) is 5.56 Å². The minimum absolute atomic E-state index is 0.123. The summed E-state index contributed by atoms with van der Waals surface area (Å²) in [6.07, 6.45) is 1.89. The molecular weight excluding hydrogens is 204 g/mol. The lowest BCUT2D eigenvalue weighted by atomic mass is 10.2. The molecule has 0 amide bonds. The summed E-state index contributed by atoms with van der Waals surface area (Å²) >= 11 is 0. The van der Waals surface area contributed by atoms with E-state index in [2.05, 4.69) is 11.7 Å². The van der Waals surface area contributed by atoms with E-state index in [0.29, 0.717) is 0 Å². The molecular formula is C8H12N2OS2. The van der Waals surface area contributed by atoms with Gasteiger partial charge in [0, 0.05) is 5.56 Å². The molecule has 0 spiro atoms. The van der Waals surface area contributed by atoms with Crippen molar-refractivity contribution in [2.45, 2.75) is 0 Å². The van der Waals surface area contributed by atoms with Gasteiger partial charge in [0.25, 0.3) is 0 Å². The highest BCUT2D eigenvalue weighted by Gasteiger charge is 2.02. The average Bonchev–Trinajstić information content (AvgIpc) is 2.23. The van der Waals surface area contributed by atoms with E-state index >= 15 is 0 Å². The zero-order chi connectivity index (χ0) is 10.1. The van der Waals surface area contributed by atoms with Crippen molar-refractivity contribution in [3.63, 3.8) is 0 Å². The number of rotatable bonds is 2. The van der Waals surface area contributed by atoms with Crippen LogP contribution in [0.15, 0.2) is 30.3 Å². The molecule has 1 aromatic carbocycles. The van der Waals surface area contributed by atoms with Gasteiger partial charge in [-0.05, 0) is 17.0 Å². The molecule has 0 atom stereocenters. The molecule has 0 radical (unpaired) electrons. The van der Waals surface area contributed by atoms with E-state index in [4.69, 9.17) is 0 Å². The van der Waals surface area contributed by atoms with Gasteiger partial charge in [0.05, 0.1) is 0 Å². The first-order chi connectivity index (χ1) is 6.34. The van der Waals surface area contributed by atoms with Gasteiger partial charge >= 0.3 is 0 Å². The lowest BCUT2D eigenvalue weighted by Crippen LogP contribution is -2.02. The number of benzene rings is 1. The number of hydrogen-bond donors (Lipinski definition) is 2. The van der Waals surface area contributed by atoms with Gasteiger partial charge in [-0.3, -0.25) is 16.5 Å². The van der Waals surface area contributed by atoms with Crippen LogP contribution in [-0.2, 0) is 0 Å². The molecule has 0 aliphatic heterocycles. The Balaban J connectivity index is 0.000000671. The molecule has 0 fully saturated rings. The van der Waals surface area contributed by atoms with Crippen molar-refractivity contribution < 1.29 is 4.79 Å². The Bertz CT molecular complexity index is 241. The number of carbonyl (C=O) groups excluding carboxylic acids is 1. The summed E-state index contributed by atoms with van der Waals surface area (Å²) in [5.74, 6) is 8.00. The second-order valence-corrected chi connectivity index (χ2v) is 4.27. The van der Waals surface area contributed by atoms with E-state index in [9.17, 15) is 4.79 Å². The first kappa shape index (κ1) is 12.5. The van der Waals surface area contributed by atoms with Crippen LogP contribution < -0.4 is 11.7 Å². The summed E-state index contributed by atoms with van der Waals surface area (Å²) in [5, 5.41) is 0.123. The van der Waals surface area contributed by atoms with Crippen molar-refractivity contribution in [3.8, 4) is 0 Å². The van der Waals surface area contributed by atoms with E-state index in [1.54, 1.807) is 0 Å². The Morgan fingerprint density at radius 2 is 1.77 bits per heavy atom. The van der Waals surface area contributed by atoms with Crippen LogP contribution in [0.25, 0.3) is 0 Å². The van der Waals surface area contributed by atoms with Crippen molar-refractivity contribution in [1.82, 2.24) is 0 Å². The maximum absolute atomic E-state index is 11.2. The zero-order valence-corrected chi connectivity index (χ0v) is 8.90.